The van der Waals surface area contributed by atoms with Crippen molar-refractivity contribution in [1.29, 1.82) is 0 Å². The molecule has 2 nitrogen and oxygen atoms in total. The fourth-order valence-corrected chi connectivity index (χ4v) is 2.31. The highest BCUT2D eigenvalue weighted by molar-refractivity contribution is 5.78. The van der Waals surface area contributed by atoms with Crippen LogP contribution in [0, 0.1) is 6.92 Å². The Labute approximate surface area is 112 Å². The molecule has 3 aromatic rings. The zero-order chi connectivity index (χ0) is 13.5. The molecule has 0 saturated heterocycles. The number of para-hydroxylation sites is 1. The molecular weight excluding hydrogens is 236 g/mol. The minimum absolute atomic E-state index is 0.569. The first-order chi connectivity index (χ1) is 9.07. The number of aliphatic hydroxyl groups is 1. The third-order valence-corrected chi connectivity index (χ3v) is 3.49. The summed E-state index contributed by atoms with van der Waals surface area (Å²) in [4.78, 5) is 0. The summed E-state index contributed by atoms with van der Waals surface area (Å²) in [5.41, 5.74) is 1.64. The monoisotopic (exact) mass is 252 g/mol. The van der Waals surface area contributed by atoms with Gasteiger partial charge in [-0.1, -0.05) is 48.0 Å². The molecule has 0 aliphatic carbocycles. The summed E-state index contributed by atoms with van der Waals surface area (Å²) in [5.74, 6) is 0.569. The number of benzene rings is 2. The molecule has 0 aliphatic rings. The molecule has 0 aliphatic heterocycles. The van der Waals surface area contributed by atoms with E-state index < -0.39 is 5.60 Å². The van der Waals surface area contributed by atoms with Crippen molar-refractivity contribution in [3.8, 4) is 0 Å². The van der Waals surface area contributed by atoms with Gasteiger partial charge in [-0.2, -0.15) is 0 Å². The van der Waals surface area contributed by atoms with Gasteiger partial charge in [0.25, 0.3) is 0 Å². The van der Waals surface area contributed by atoms with E-state index in [1.54, 1.807) is 6.92 Å². The topological polar surface area (TPSA) is 33.4 Å². The minimum Gasteiger partial charge on any atom is -0.458 e. The average molecular weight is 252 g/mol. The second kappa shape index (κ2) is 4.25. The van der Waals surface area contributed by atoms with Gasteiger partial charge in [0.15, 0.2) is 0 Å². The lowest BCUT2D eigenvalue weighted by Crippen LogP contribution is -2.21. The zero-order valence-electron chi connectivity index (χ0n) is 11.1. The van der Waals surface area contributed by atoms with E-state index in [0.717, 1.165) is 22.1 Å². The van der Waals surface area contributed by atoms with E-state index in [1.165, 1.54) is 0 Å². The minimum atomic E-state index is -1.12. The van der Waals surface area contributed by atoms with E-state index in [0.29, 0.717) is 5.76 Å². The SMILES string of the molecule is Cc1cccc(C(C)(O)c2cc3ccccc3o2)c1. The van der Waals surface area contributed by atoms with E-state index >= 15 is 0 Å². The molecule has 0 saturated carbocycles. The van der Waals surface area contributed by atoms with Gasteiger partial charge in [-0.25, -0.2) is 0 Å². The van der Waals surface area contributed by atoms with Gasteiger partial charge in [-0.3, -0.25) is 0 Å². The number of rotatable bonds is 2. The van der Waals surface area contributed by atoms with Crippen LogP contribution in [0.1, 0.15) is 23.8 Å². The van der Waals surface area contributed by atoms with Crippen LogP contribution in [0.3, 0.4) is 0 Å². The highest BCUT2D eigenvalue weighted by Crippen LogP contribution is 2.33. The van der Waals surface area contributed by atoms with Crippen molar-refractivity contribution in [1.82, 2.24) is 0 Å². The van der Waals surface area contributed by atoms with Crippen LogP contribution in [0.15, 0.2) is 59.0 Å². The predicted molar refractivity (Wildman–Crippen MR) is 76.1 cm³/mol. The second-order valence-corrected chi connectivity index (χ2v) is 5.09. The van der Waals surface area contributed by atoms with Gasteiger partial charge in [0, 0.05) is 5.39 Å². The van der Waals surface area contributed by atoms with Gasteiger partial charge >= 0.3 is 0 Å². The van der Waals surface area contributed by atoms with Crippen LogP contribution in [-0.4, -0.2) is 5.11 Å². The summed E-state index contributed by atoms with van der Waals surface area (Å²) in [6.45, 7) is 3.78. The highest BCUT2D eigenvalue weighted by atomic mass is 16.4. The van der Waals surface area contributed by atoms with Crippen LogP contribution < -0.4 is 0 Å². The van der Waals surface area contributed by atoms with Crippen LogP contribution in [0.2, 0.25) is 0 Å². The molecular formula is C17H16O2. The van der Waals surface area contributed by atoms with E-state index in [1.807, 2.05) is 61.5 Å². The third-order valence-electron chi connectivity index (χ3n) is 3.49. The lowest BCUT2D eigenvalue weighted by atomic mass is 9.92. The molecule has 0 fully saturated rings. The van der Waals surface area contributed by atoms with E-state index in [4.69, 9.17) is 4.42 Å². The van der Waals surface area contributed by atoms with Crippen molar-refractivity contribution in [2.45, 2.75) is 19.4 Å². The molecule has 1 heterocycles. The van der Waals surface area contributed by atoms with Crippen LogP contribution in [-0.2, 0) is 5.60 Å². The highest BCUT2D eigenvalue weighted by Gasteiger charge is 2.29. The Kier molecular flexibility index (Phi) is 2.68. The summed E-state index contributed by atoms with van der Waals surface area (Å²) in [5, 5.41) is 11.8. The molecule has 2 aromatic carbocycles. The number of aryl methyl sites for hydroxylation is 1. The van der Waals surface area contributed by atoms with E-state index in [9.17, 15) is 5.11 Å². The second-order valence-electron chi connectivity index (χ2n) is 5.09. The van der Waals surface area contributed by atoms with E-state index in [2.05, 4.69) is 0 Å². The van der Waals surface area contributed by atoms with Crippen molar-refractivity contribution in [3.05, 3.63) is 71.5 Å². The molecule has 0 spiro atoms. The standard InChI is InChI=1S/C17H16O2/c1-12-6-5-8-14(10-12)17(2,18)16-11-13-7-3-4-9-15(13)19-16/h3-11,18H,1-2H3. The molecule has 1 unspecified atom stereocenters. The van der Waals surface area contributed by atoms with Crippen molar-refractivity contribution in [2.75, 3.05) is 0 Å². The Morgan fingerprint density at radius 3 is 2.53 bits per heavy atom. The Bertz CT molecular complexity index is 690. The predicted octanol–water partition coefficient (Wildman–Crippen LogP) is 4.00. The van der Waals surface area contributed by atoms with Crippen LogP contribution in [0.25, 0.3) is 11.0 Å². The number of fused-ring (bicyclic) bond motifs is 1. The van der Waals surface area contributed by atoms with Crippen molar-refractivity contribution in [3.63, 3.8) is 0 Å². The Hall–Kier alpha value is -2.06. The maximum atomic E-state index is 10.8. The number of furan rings is 1. The first-order valence-electron chi connectivity index (χ1n) is 6.36. The summed E-state index contributed by atoms with van der Waals surface area (Å²) in [6, 6.07) is 17.5. The van der Waals surface area contributed by atoms with Crippen LogP contribution in [0.4, 0.5) is 0 Å². The molecule has 2 heteroatoms. The molecule has 1 atom stereocenters. The summed E-state index contributed by atoms with van der Waals surface area (Å²) in [7, 11) is 0. The number of hydrogen-bond acceptors (Lipinski definition) is 2. The van der Waals surface area contributed by atoms with Gasteiger partial charge in [0.1, 0.15) is 16.9 Å². The van der Waals surface area contributed by atoms with Crippen molar-refractivity contribution >= 4 is 11.0 Å². The largest absolute Gasteiger partial charge is 0.458 e. The average Bonchev–Trinajstić information content (AvgIpc) is 2.83. The lowest BCUT2D eigenvalue weighted by Gasteiger charge is -2.21. The van der Waals surface area contributed by atoms with Gasteiger partial charge < -0.3 is 9.52 Å². The molecule has 3 rings (SSSR count). The summed E-state index contributed by atoms with van der Waals surface area (Å²) in [6.07, 6.45) is 0. The van der Waals surface area contributed by atoms with Crippen molar-refractivity contribution < 1.29 is 9.52 Å². The molecule has 19 heavy (non-hydrogen) atoms. The van der Waals surface area contributed by atoms with Crippen LogP contribution >= 0.6 is 0 Å². The molecule has 0 bridgehead atoms. The van der Waals surface area contributed by atoms with Crippen LogP contribution in [0.5, 0.6) is 0 Å². The van der Waals surface area contributed by atoms with Crippen molar-refractivity contribution in [2.24, 2.45) is 0 Å². The van der Waals surface area contributed by atoms with Gasteiger partial charge in [0.2, 0.25) is 0 Å². The fraction of sp³-hybridized carbons (Fsp3) is 0.176. The Morgan fingerprint density at radius 1 is 1.00 bits per heavy atom. The Morgan fingerprint density at radius 2 is 1.79 bits per heavy atom. The van der Waals surface area contributed by atoms with E-state index in [-0.39, 0.29) is 0 Å². The maximum absolute atomic E-state index is 10.8. The zero-order valence-corrected chi connectivity index (χ0v) is 11.1. The molecule has 0 amide bonds. The maximum Gasteiger partial charge on any atom is 0.144 e. The summed E-state index contributed by atoms with van der Waals surface area (Å²) < 4.78 is 5.78. The lowest BCUT2D eigenvalue weighted by molar-refractivity contribution is 0.0786. The molecule has 1 N–H and O–H groups in total. The first kappa shape index (κ1) is 12.0. The molecule has 1 aromatic heterocycles. The molecule has 0 radical (unpaired) electrons. The quantitative estimate of drug-likeness (QED) is 0.748. The summed E-state index contributed by atoms with van der Waals surface area (Å²) >= 11 is 0. The van der Waals surface area contributed by atoms with Gasteiger partial charge in [-0.05, 0) is 31.5 Å². The molecule has 96 valence electrons. The van der Waals surface area contributed by atoms with Gasteiger partial charge in [-0.15, -0.1) is 0 Å². The number of hydrogen-bond donors (Lipinski definition) is 1. The smallest absolute Gasteiger partial charge is 0.144 e. The third kappa shape index (κ3) is 2.04. The fourth-order valence-electron chi connectivity index (χ4n) is 2.31. The first-order valence-corrected chi connectivity index (χ1v) is 6.36. The normalized spacial score (nSPS) is 14.5. The Balaban J connectivity index is 2.13. The van der Waals surface area contributed by atoms with Gasteiger partial charge in [0.05, 0.1) is 0 Å².